The Hall–Kier alpha value is -2.08. The van der Waals surface area contributed by atoms with Crippen LogP contribution in [-0.4, -0.2) is 20.6 Å². The van der Waals surface area contributed by atoms with Crippen molar-refractivity contribution in [1.82, 2.24) is 20.6 Å². The number of benzene rings is 1. The second-order valence-electron chi connectivity index (χ2n) is 5.81. The average Bonchev–Trinajstić information content (AvgIpc) is 3.08. The van der Waals surface area contributed by atoms with Gasteiger partial charge in [-0.2, -0.15) is 0 Å². The molecule has 0 spiro atoms. The van der Waals surface area contributed by atoms with Crippen LogP contribution in [0, 0.1) is 5.92 Å². The SMILES string of the molecule is CCC1CCc2c(sc3cc(-c4nnn[nH]4)ccc3c2=O)C1. The number of nitrogens with one attached hydrogen (secondary N) is 1. The molecule has 0 radical (unpaired) electrons. The van der Waals surface area contributed by atoms with Gasteiger partial charge in [0.1, 0.15) is 0 Å². The van der Waals surface area contributed by atoms with Gasteiger partial charge in [0.2, 0.25) is 0 Å². The Balaban J connectivity index is 1.89. The van der Waals surface area contributed by atoms with Crippen LogP contribution in [0.15, 0.2) is 23.0 Å². The predicted molar refractivity (Wildman–Crippen MR) is 87.1 cm³/mol. The molecule has 2 aromatic heterocycles. The highest BCUT2D eigenvalue weighted by Crippen LogP contribution is 2.33. The van der Waals surface area contributed by atoms with Crippen LogP contribution in [0.5, 0.6) is 0 Å². The first-order valence-corrected chi connectivity index (χ1v) is 8.40. The minimum absolute atomic E-state index is 0.209. The van der Waals surface area contributed by atoms with E-state index in [4.69, 9.17) is 0 Å². The molecular weight excluding hydrogens is 296 g/mol. The van der Waals surface area contributed by atoms with Crippen molar-refractivity contribution in [3.8, 4) is 11.4 Å². The maximum Gasteiger partial charge on any atom is 0.191 e. The van der Waals surface area contributed by atoms with Crippen molar-refractivity contribution in [3.05, 3.63) is 38.9 Å². The second kappa shape index (κ2) is 5.28. The molecule has 1 aliphatic rings. The quantitative estimate of drug-likeness (QED) is 0.789. The first-order valence-electron chi connectivity index (χ1n) is 7.59. The lowest BCUT2D eigenvalue weighted by atomic mass is 9.86. The van der Waals surface area contributed by atoms with Crippen LogP contribution in [0.2, 0.25) is 0 Å². The summed E-state index contributed by atoms with van der Waals surface area (Å²) in [7, 11) is 0. The van der Waals surface area contributed by atoms with Gasteiger partial charge in [0.05, 0.1) is 0 Å². The highest BCUT2D eigenvalue weighted by molar-refractivity contribution is 7.18. The fraction of sp³-hybridized carbons (Fsp3) is 0.375. The fourth-order valence-electron chi connectivity index (χ4n) is 3.19. The molecule has 0 saturated heterocycles. The molecule has 0 fully saturated rings. The van der Waals surface area contributed by atoms with E-state index in [1.165, 1.54) is 11.3 Å². The Morgan fingerprint density at radius 3 is 3.09 bits per heavy atom. The molecule has 4 rings (SSSR count). The highest BCUT2D eigenvalue weighted by Gasteiger charge is 2.22. The van der Waals surface area contributed by atoms with Gasteiger partial charge < -0.3 is 0 Å². The summed E-state index contributed by atoms with van der Waals surface area (Å²) in [5, 5.41) is 14.7. The Bertz CT molecular complexity index is 885. The third-order valence-electron chi connectivity index (χ3n) is 4.54. The predicted octanol–water partition coefficient (Wildman–Crippen LogP) is 2.96. The molecule has 1 aromatic carbocycles. The van der Waals surface area contributed by atoms with Crippen LogP contribution in [0.4, 0.5) is 0 Å². The van der Waals surface area contributed by atoms with Gasteiger partial charge in [-0.25, -0.2) is 5.10 Å². The molecule has 5 nitrogen and oxygen atoms in total. The zero-order valence-corrected chi connectivity index (χ0v) is 13.1. The first kappa shape index (κ1) is 13.6. The summed E-state index contributed by atoms with van der Waals surface area (Å²) in [5.41, 5.74) is 2.16. The second-order valence-corrected chi connectivity index (χ2v) is 6.95. The lowest BCUT2D eigenvalue weighted by molar-refractivity contribution is 0.448. The molecule has 6 heteroatoms. The maximum atomic E-state index is 12.7. The van der Waals surface area contributed by atoms with E-state index in [0.717, 1.165) is 40.5 Å². The van der Waals surface area contributed by atoms with Gasteiger partial charge in [-0.1, -0.05) is 19.4 Å². The van der Waals surface area contributed by atoms with Crippen molar-refractivity contribution >= 4 is 21.4 Å². The van der Waals surface area contributed by atoms with Crippen molar-refractivity contribution in [2.75, 3.05) is 0 Å². The molecule has 1 unspecified atom stereocenters. The summed E-state index contributed by atoms with van der Waals surface area (Å²) >= 11 is 1.75. The number of hydrogen-bond donors (Lipinski definition) is 1. The van der Waals surface area contributed by atoms with Crippen LogP contribution in [0.1, 0.15) is 30.2 Å². The minimum atomic E-state index is 0.209. The largest absolute Gasteiger partial charge is 0.289 e. The van der Waals surface area contributed by atoms with Crippen molar-refractivity contribution in [2.45, 2.75) is 32.6 Å². The molecule has 1 atom stereocenters. The number of hydrogen-bond acceptors (Lipinski definition) is 5. The Kier molecular flexibility index (Phi) is 3.26. The van der Waals surface area contributed by atoms with Crippen LogP contribution >= 0.6 is 11.3 Å². The topological polar surface area (TPSA) is 71.5 Å². The molecule has 3 aromatic rings. The summed E-state index contributed by atoms with van der Waals surface area (Å²) in [6, 6.07) is 5.82. The van der Waals surface area contributed by atoms with Crippen molar-refractivity contribution in [2.24, 2.45) is 5.92 Å². The monoisotopic (exact) mass is 312 g/mol. The molecule has 0 bridgehead atoms. The summed E-state index contributed by atoms with van der Waals surface area (Å²) in [6.07, 6.45) is 4.28. The summed E-state index contributed by atoms with van der Waals surface area (Å²) in [4.78, 5) is 14.0. The average molecular weight is 312 g/mol. The summed E-state index contributed by atoms with van der Waals surface area (Å²) in [6.45, 7) is 2.23. The van der Waals surface area contributed by atoms with Gasteiger partial charge in [-0.15, -0.1) is 16.4 Å². The van der Waals surface area contributed by atoms with E-state index < -0.39 is 0 Å². The molecule has 112 valence electrons. The molecule has 0 saturated carbocycles. The van der Waals surface area contributed by atoms with Crippen molar-refractivity contribution in [1.29, 1.82) is 0 Å². The first-order chi connectivity index (χ1) is 10.8. The number of nitrogens with zero attached hydrogens (tertiary/aromatic N) is 3. The molecule has 22 heavy (non-hydrogen) atoms. The van der Waals surface area contributed by atoms with Gasteiger partial charge in [-0.05, 0) is 47.7 Å². The lowest BCUT2D eigenvalue weighted by Crippen LogP contribution is -2.20. The standard InChI is InChI=1S/C16H16N4OS/c1-2-9-3-5-11-13(7-9)22-14-8-10(16-17-19-20-18-16)4-6-12(14)15(11)21/h4,6,8-9H,2-3,5,7H2,1H3,(H,17,18,19,20). The number of aromatic nitrogens is 4. The number of rotatable bonds is 2. The molecule has 0 aliphatic heterocycles. The van der Waals surface area contributed by atoms with E-state index in [1.807, 2.05) is 18.2 Å². The van der Waals surface area contributed by atoms with E-state index in [0.29, 0.717) is 11.7 Å². The zero-order valence-electron chi connectivity index (χ0n) is 12.3. The summed E-state index contributed by atoms with van der Waals surface area (Å²) < 4.78 is 1.02. The third kappa shape index (κ3) is 2.14. The Morgan fingerprint density at radius 2 is 2.32 bits per heavy atom. The van der Waals surface area contributed by atoms with Crippen LogP contribution in [0.25, 0.3) is 21.5 Å². The number of H-pyrrole nitrogens is 1. The molecule has 1 aliphatic carbocycles. The van der Waals surface area contributed by atoms with Gasteiger partial charge in [-0.3, -0.25) is 4.79 Å². The van der Waals surface area contributed by atoms with Crippen molar-refractivity contribution in [3.63, 3.8) is 0 Å². The Labute approximate surface area is 131 Å². The zero-order chi connectivity index (χ0) is 15.1. The number of fused-ring (bicyclic) bond motifs is 2. The maximum absolute atomic E-state index is 12.7. The highest BCUT2D eigenvalue weighted by atomic mass is 32.1. The Morgan fingerprint density at radius 1 is 1.41 bits per heavy atom. The number of tetrazole rings is 1. The minimum Gasteiger partial charge on any atom is -0.289 e. The van der Waals surface area contributed by atoms with Gasteiger partial charge >= 0.3 is 0 Å². The third-order valence-corrected chi connectivity index (χ3v) is 5.76. The van der Waals surface area contributed by atoms with Crippen LogP contribution < -0.4 is 5.43 Å². The molecular formula is C16H16N4OS. The van der Waals surface area contributed by atoms with E-state index >= 15 is 0 Å². The molecule has 1 N–H and O–H groups in total. The van der Waals surface area contributed by atoms with E-state index in [1.54, 1.807) is 11.3 Å². The van der Waals surface area contributed by atoms with Gasteiger partial charge in [0, 0.05) is 26.1 Å². The van der Waals surface area contributed by atoms with Crippen LogP contribution in [0.3, 0.4) is 0 Å². The van der Waals surface area contributed by atoms with E-state index in [-0.39, 0.29) is 5.43 Å². The van der Waals surface area contributed by atoms with Crippen molar-refractivity contribution < 1.29 is 0 Å². The molecule has 2 heterocycles. The lowest BCUT2D eigenvalue weighted by Gasteiger charge is -2.22. The normalized spacial score (nSPS) is 17.6. The van der Waals surface area contributed by atoms with Crippen LogP contribution in [-0.2, 0) is 12.8 Å². The van der Waals surface area contributed by atoms with Gasteiger partial charge in [0.25, 0.3) is 0 Å². The molecule has 0 amide bonds. The van der Waals surface area contributed by atoms with Gasteiger partial charge in [0.15, 0.2) is 11.3 Å². The van der Waals surface area contributed by atoms with E-state index in [2.05, 4.69) is 27.5 Å². The fourth-order valence-corrected chi connectivity index (χ4v) is 4.54. The summed E-state index contributed by atoms with van der Waals surface area (Å²) in [5.74, 6) is 1.34. The number of aromatic amines is 1. The smallest absolute Gasteiger partial charge is 0.191 e. The van der Waals surface area contributed by atoms with E-state index in [9.17, 15) is 4.79 Å².